The Bertz CT molecular complexity index is 2760. The van der Waals surface area contributed by atoms with Crippen molar-refractivity contribution in [3.05, 3.63) is 176 Å². The van der Waals surface area contributed by atoms with Gasteiger partial charge in [-0.15, -0.1) is 0 Å². The molecule has 0 atom stereocenters. The molecule has 1 heteroatoms. The van der Waals surface area contributed by atoms with Crippen molar-refractivity contribution in [3.8, 4) is 33.5 Å². The summed E-state index contributed by atoms with van der Waals surface area (Å²) in [5.41, 5.74) is 7.82. The minimum absolute atomic E-state index is 0.971. The maximum atomic E-state index is 5.25. The molecule has 1 aromatic heterocycles. The smallest absolute Gasteiger partial charge is 0.0715 e. The van der Waals surface area contributed by atoms with Gasteiger partial charge >= 0.3 is 0 Å². The van der Waals surface area contributed by atoms with Gasteiger partial charge in [0.25, 0.3) is 0 Å². The molecule has 0 aliphatic heterocycles. The summed E-state index contributed by atoms with van der Waals surface area (Å²) in [5.74, 6) is 0. The average Bonchev–Trinajstić information content (AvgIpc) is 3.16. The molecule has 0 N–H and O–H groups in total. The highest BCUT2D eigenvalue weighted by atomic mass is 14.7. The summed E-state index contributed by atoms with van der Waals surface area (Å²) < 4.78 is 0. The third-order valence-corrected chi connectivity index (χ3v) is 9.95. The normalized spacial score (nSPS) is 11.8. The van der Waals surface area contributed by atoms with E-state index in [0.717, 1.165) is 22.2 Å². The number of nitrogens with zero attached hydrogens (tertiary/aromatic N) is 1. The van der Waals surface area contributed by atoms with Gasteiger partial charge in [0.2, 0.25) is 0 Å². The third kappa shape index (κ3) is 4.44. The molecule has 10 aromatic rings. The van der Waals surface area contributed by atoms with Crippen LogP contribution in [-0.4, -0.2) is 4.98 Å². The Morgan fingerprint density at radius 2 is 0.688 bits per heavy atom. The van der Waals surface area contributed by atoms with E-state index < -0.39 is 0 Å². The van der Waals surface area contributed by atoms with E-state index in [1.54, 1.807) is 0 Å². The Hall–Kier alpha value is -6.31. The zero-order valence-corrected chi connectivity index (χ0v) is 26.2. The summed E-state index contributed by atoms with van der Waals surface area (Å²) in [6.45, 7) is 0. The molecule has 0 aliphatic rings. The predicted octanol–water partition coefficient (Wildman–Crippen LogP) is 13.0. The number of benzene rings is 9. The van der Waals surface area contributed by atoms with Gasteiger partial charge in [0.05, 0.1) is 11.2 Å². The molecule has 0 amide bonds. The zero-order valence-electron chi connectivity index (χ0n) is 26.2. The van der Waals surface area contributed by atoms with Crippen molar-refractivity contribution < 1.29 is 0 Å². The van der Waals surface area contributed by atoms with Gasteiger partial charge in [-0.3, -0.25) is 0 Å². The van der Waals surface area contributed by atoms with Crippen molar-refractivity contribution in [1.82, 2.24) is 4.98 Å². The first-order valence-corrected chi connectivity index (χ1v) is 16.5. The van der Waals surface area contributed by atoms with E-state index in [4.69, 9.17) is 4.98 Å². The molecule has 0 unspecified atom stereocenters. The second-order valence-electron chi connectivity index (χ2n) is 12.8. The molecule has 0 aliphatic carbocycles. The molecule has 222 valence electrons. The van der Waals surface area contributed by atoms with Crippen molar-refractivity contribution in [1.29, 1.82) is 0 Å². The van der Waals surface area contributed by atoms with E-state index >= 15 is 0 Å². The summed E-state index contributed by atoms with van der Waals surface area (Å²) in [6, 6.07) is 64.2. The molecule has 1 heterocycles. The highest BCUT2D eigenvalue weighted by Gasteiger charge is 2.12. The van der Waals surface area contributed by atoms with Crippen molar-refractivity contribution in [2.75, 3.05) is 0 Å². The van der Waals surface area contributed by atoms with Crippen molar-refractivity contribution >= 4 is 64.8 Å². The highest BCUT2D eigenvalue weighted by molar-refractivity contribution is 6.10. The van der Waals surface area contributed by atoms with Crippen LogP contribution in [0.5, 0.6) is 0 Å². The molecule has 0 fully saturated rings. The topological polar surface area (TPSA) is 12.9 Å². The summed E-state index contributed by atoms with van der Waals surface area (Å²) in [4.78, 5) is 5.25. The molecular formula is C47H29N. The van der Waals surface area contributed by atoms with Gasteiger partial charge in [0.1, 0.15) is 0 Å². The van der Waals surface area contributed by atoms with E-state index in [1.165, 1.54) is 76.1 Å². The zero-order chi connectivity index (χ0) is 31.6. The summed E-state index contributed by atoms with van der Waals surface area (Å²) in [7, 11) is 0. The van der Waals surface area contributed by atoms with E-state index in [1.807, 2.05) is 0 Å². The molecule has 9 aromatic carbocycles. The standard InChI is InChI=1S/C47H29N/c1-2-10-35-29-47-38(23-34(35)9-1)21-22-46(48-47)41-25-39(36-19-17-32-15-13-30-7-3-5-11-42(30)44(32)27-36)24-40(26-41)37-20-18-33-16-14-31-8-4-6-12-43(31)45(33)28-37/h1-29H. The van der Waals surface area contributed by atoms with Gasteiger partial charge < -0.3 is 0 Å². The fourth-order valence-corrected chi connectivity index (χ4v) is 7.44. The van der Waals surface area contributed by atoms with Gasteiger partial charge in [-0.2, -0.15) is 0 Å². The Morgan fingerprint density at radius 1 is 0.250 bits per heavy atom. The van der Waals surface area contributed by atoms with Gasteiger partial charge in [-0.05, 0) is 125 Å². The molecule has 0 radical (unpaired) electrons. The minimum atomic E-state index is 0.971. The lowest BCUT2D eigenvalue weighted by Crippen LogP contribution is -1.90. The predicted molar refractivity (Wildman–Crippen MR) is 206 cm³/mol. The number of hydrogen-bond donors (Lipinski definition) is 0. The minimum Gasteiger partial charge on any atom is -0.248 e. The molecule has 10 rings (SSSR count). The van der Waals surface area contributed by atoms with Crippen LogP contribution >= 0.6 is 0 Å². The molecule has 0 saturated heterocycles. The summed E-state index contributed by atoms with van der Waals surface area (Å²) in [6.07, 6.45) is 0. The fraction of sp³-hybridized carbons (Fsp3) is 0. The number of pyridine rings is 1. The van der Waals surface area contributed by atoms with Crippen LogP contribution in [0.1, 0.15) is 0 Å². The Labute approximate surface area is 278 Å². The van der Waals surface area contributed by atoms with Crippen LogP contribution in [0.3, 0.4) is 0 Å². The average molecular weight is 608 g/mol. The monoisotopic (exact) mass is 607 g/mol. The molecule has 1 nitrogen and oxygen atoms in total. The lowest BCUT2D eigenvalue weighted by Gasteiger charge is -2.14. The van der Waals surface area contributed by atoms with Crippen LogP contribution in [0, 0.1) is 0 Å². The number of rotatable bonds is 3. The first-order chi connectivity index (χ1) is 23.7. The van der Waals surface area contributed by atoms with Crippen LogP contribution in [0.4, 0.5) is 0 Å². The number of hydrogen-bond acceptors (Lipinski definition) is 1. The second-order valence-corrected chi connectivity index (χ2v) is 12.8. The van der Waals surface area contributed by atoms with Gasteiger partial charge in [-0.25, -0.2) is 4.98 Å². The second kappa shape index (κ2) is 10.6. The first kappa shape index (κ1) is 26.9. The van der Waals surface area contributed by atoms with Gasteiger partial charge in [0.15, 0.2) is 0 Å². The third-order valence-electron chi connectivity index (χ3n) is 9.95. The summed E-state index contributed by atoms with van der Waals surface area (Å²) >= 11 is 0. The summed E-state index contributed by atoms with van der Waals surface area (Å²) in [5, 5.41) is 13.7. The molecular weight excluding hydrogens is 579 g/mol. The quantitative estimate of drug-likeness (QED) is 0.144. The van der Waals surface area contributed by atoms with Crippen LogP contribution in [-0.2, 0) is 0 Å². The van der Waals surface area contributed by atoms with Gasteiger partial charge in [-0.1, -0.05) is 127 Å². The lowest BCUT2D eigenvalue weighted by molar-refractivity contribution is 1.40. The van der Waals surface area contributed by atoms with Crippen LogP contribution in [0.15, 0.2) is 176 Å². The van der Waals surface area contributed by atoms with Crippen molar-refractivity contribution in [2.24, 2.45) is 0 Å². The van der Waals surface area contributed by atoms with Crippen LogP contribution in [0.25, 0.3) is 98.3 Å². The molecule has 0 bridgehead atoms. The molecule has 48 heavy (non-hydrogen) atoms. The molecule has 0 spiro atoms. The fourth-order valence-electron chi connectivity index (χ4n) is 7.44. The van der Waals surface area contributed by atoms with Crippen molar-refractivity contribution in [3.63, 3.8) is 0 Å². The largest absolute Gasteiger partial charge is 0.248 e. The van der Waals surface area contributed by atoms with Crippen LogP contribution in [0.2, 0.25) is 0 Å². The maximum Gasteiger partial charge on any atom is 0.0715 e. The lowest BCUT2D eigenvalue weighted by atomic mass is 9.91. The maximum absolute atomic E-state index is 5.25. The SMILES string of the molecule is c1ccc2cc3nc(-c4cc(-c5ccc6ccc7ccccc7c6c5)cc(-c5ccc6ccc7ccccc7c6c5)c4)ccc3cc2c1. The van der Waals surface area contributed by atoms with E-state index in [2.05, 4.69) is 176 Å². The van der Waals surface area contributed by atoms with Gasteiger partial charge in [0, 0.05) is 10.9 Å². The Morgan fingerprint density at radius 3 is 1.27 bits per heavy atom. The van der Waals surface area contributed by atoms with E-state index in [9.17, 15) is 0 Å². The Balaban J connectivity index is 1.20. The van der Waals surface area contributed by atoms with E-state index in [-0.39, 0.29) is 0 Å². The number of fused-ring (bicyclic) bond motifs is 8. The van der Waals surface area contributed by atoms with E-state index in [0.29, 0.717) is 0 Å². The van der Waals surface area contributed by atoms with Crippen molar-refractivity contribution in [2.45, 2.75) is 0 Å². The number of aromatic nitrogens is 1. The first-order valence-electron chi connectivity index (χ1n) is 16.5. The Kier molecular flexibility index (Phi) is 5.94. The highest BCUT2D eigenvalue weighted by Crippen LogP contribution is 2.37. The molecule has 0 saturated carbocycles. The van der Waals surface area contributed by atoms with Crippen LogP contribution < -0.4 is 0 Å².